The number of hydrogen-bond donors (Lipinski definition) is 0. The predicted molar refractivity (Wildman–Crippen MR) is 114 cm³/mol. The van der Waals surface area contributed by atoms with Crippen LogP contribution in [0.2, 0.25) is 0 Å². The maximum Gasteiger partial charge on any atom is 0.195 e. The summed E-state index contributed by atoms with van der Waals surface area (Å²) < 4.78 is 13.2. The highest BCUT2D eigenvalue weighted by atomic mass is 16.5. The van der Waals surface area contributed by atoms with Crippen LogP contribution in [0.25, 0.3) is 21.9 Å². The lowest BCUT2D eigenvalue weighted by Gasteiger charge is -2.27. The Balaban J connectivity index is 1.52. The van der Waals surface area contributed by atoms with Crippen molar-refractivity contribution in [2.45, 2.75) is 13.5 Å². The normalized spacial score (nSPS) is 15.3. The fourth-order valence-corrected chi connectivity index (χ4v) is 4.32. The Morgan fingerprint density at radius 1 is 1.03 bits per heavy atom. The molecule has 0 atom stereocenters. The first-order chi connectivity index (χ1) is 14.2. The Labute approximate surface area is 169 Å². The summed E-state index contributed by atoms with van der Waals surface area (Å²) in [6, 6.07) is 15.7. The number of benzene rings is 2. The molecule has 2 aromatic carbocycles. The number of fused-ring (bicyclic) bond motifs is 2. The Morgan fingerprint density at radius 3 is 2.72 bits per heavy atom. The van der Waals surface area contributed by atoms with Gasteiger partial charge in [-0.15, -0.1) is 0 Å². The van der Waals surface area contributed by atoms with Gasteiger partial charge in [0.05, 0.1) is 25.0 Å². The Morgan fingerprint density at radius 2 is 1.86 bits per heavy atom. The molecule has 0 radical (unpaired) electrons. The number of para-hydroxylation sites is 1. The predicted octanol–water partition coefficient (Wildman–Crippen LogP) is 4.26. The van der Waals surface area contributed by atoms with E-state index in [1.807, 2.05) is 36.4 Å². The number of carbonyl (C=O) groups is 1. The first-order valence-electron chi connectivity index (χ1n) is 10.1. The summed E-state index contributed by atoms with van der Waals surface area (Å²) in [5, 5.41) is 1.97. The van der Waals surface area contributed by atoms with E-state index in [0.29, 0.717) is 5.56 Å². The van der Waals surface area contributed by atoms with Crippen LogP contribution in [-0.4, -0.2) is 48.1 Å². The molecule has 1 aliphatic heterocycles. The topological polar surface area (TPSA) is 47.6 Å². The highest BCUT2D eigenvalue weighted by Crippen LogP contribution is 2.29. The molecule has 148 valence electrons. The molecule has 1 saturated heterocycles. The number of furan rings is 1. The molecule has 0 aliphatic carbocycles. The van der Waals surface area contributed by atoms with Crippen LogP contribution in [-0.2, 0) is 11.3 Å². The first-order valence-corrected chi connectivity index (χ1v) is 10.1. The maximum atomic E-state index is 13.5. The minimum Gasteiger partial charge on any atom is -0.464 e. The van der Waals surface area contributed by atoms with Gasteiger partial charge in [-0.1, -0.05) is 18.2 Å². The van der Waals surface area contributed by atoms with Crippen LogP contribution in [0.4, 0.5) is 0 Å². The van der Waals surface area contributed by atoms with Gasteiger partial charge >= 0.3 is 0 Å². The molecule has 0 amide bonds. The number of ether oxygens (including phenoxy) is 1. The number of hydrogen-bond acceptors (Lipinski definition) is 4. The van der Waals surface area contributed by atoms with Gasteiger partial charge in [0.25, 0.3) is 0 Å². The van der Waals surface area contributed by atoms with Gasteiger partial charge < -0.3 is 13.7 Å². The van der Waals surface area contributed by atoms with Crippen molar-refractivity contribution in [1.29, 1.82) is 0 Å². The largest absolute Gasteiger partial charge is 0.464 e. The van der Waals surface area contributed by atoms with Crippen LogP contribution in [0.15, 0.2) is 59.2 Å². The standard InChI is InChI=1S/C24H24N2O3/c1-17-23(24(27)19-6-7-22-18(16-19)8-13-29-22)20-4-2-3-5-21(20)26(17)10-9-25-11-14-28-15-12-25/h2-8,13,16H,9-12,14-15H2,1H3. The molecule has 5 nitrogen and oxygen atoms in total. The molecule has 0 bridgehead atoms. The van der Waals surface area contributed by atoms with Crippen LogP contribution in [0, 0.1) is 6.92 Å². The van der Waals surface area contributed by atoms with E-state index < -0.39 is 0 Å². The molecule has 5 heteroatoms. The van der Waals surface area contributed by atoms with E-state index in [0.717, 1.165) is 72.5 Å². The van der Waals surface area contributed by atoms with Gasteiger partial charge in [0.15, 0.2) is 5.78 Å². The highest BCUT2D eigenvalue weighted by Gasteiger charge is 2.22. The summed E-state index contributed by atoms with van der Waals surface area (Å²) >= 11 is 0. The van der Waals surface area contributed by atoms with Crippen LogP contribution in [0.5, 0.6) is 0 Å². The minimum absolute atomic E-state index is 0.0620. The summed E-state index contributed by atoms with van der Waals surface area (Å²) in [5.74, 6) is 0.0620. The van der Waals surface area contributed by atoms with Crippen LogP contribution >= 0.6 is 0 Å². The van der Waals surface area contributed by atoms with E-state index in [4.69, 9.17) is 9.15 Å². The molecule has 0 spiro atoms. The number of aromatic nitrogens is 1. The molecule has 4 aromatic rings. The van der Waals surface area contributed by atoms with Crippen molar-refractivity contribution in [3.8, 4) is 0 Å². The van der Waals surface area contributed by atoms with Crippen LogP contribution < -0.4 is 0 Å². The monoisotopic (exact) mass is 388 g/mol. The van der Waals surface area contributed by atoms with Gasteiger partial charge in [-0.2, -0.15) is 0 Å². The average Bonchev–Trinajstić information content (AvgIpc) is 3.34. The Bertz CT molecular complexity index is 1180. The van der Waals surface area contributed by atoms with Gasteiger partial charge in [0.1, 0.15) is 5.58 Å². The van der Waals surface area contributed by atoms with E-state index in [2.05, 4.69) is 28.5 Å². The molecule has 5 rings (SSSR count). The summed E-state index contributed by atoms with van der Waals surface area (Å²) in [6.07, 6.45) is 1.65. The third kappa shape index (κ3) is 3.26. The van der Waals surface area contributed by atoms with Gasteiger partial charge in [-0.3, -0.25) is 9.69 Å². The van der Waals surface area contributed by atoms with E-state index in [-0.39, 0.29) is 5.78 Å². The van der Waals surface area contributed by atoms with E-state index in [1.165, 1.54) is 0 Å². The van der Waals surface area contributed by atoms with Crippen LogP contribution in [0.1, 0.15) is 21.6 Å². The summed E-state index contributed by atoms with van der Waals surface area (Å²) in [4.78, 5) is 15.9. The van der Waals surface area contributed by atoms with Gasteiger partial charge in [-0.05, 0) is 37.3 Å². The zero-order chi connectivity index (χ0) is 19.8. The molecule has 0 unspecified atom stereocenters. The maximum absolute atomic E-state index is 13.5. The molecule has 1 fully saturated rings. The van der Waals surface area contributed by atoms with E-state index in [1.54, 1.807) is 6.26 Å². The lowest BCUT2D eigenvalue weighted by Crippen LogP contribution is -2.38. The average molecular weight is 388 g/mol. The van der Waals surface area contributed by atoms with Crippen molar-refractivity contribution in [3.05, 3.63) is 71.6 Å². The molecule has 1 aliphatic rings. The van der Waals surface area contributed by atoms with Crippen molar-refractivity contribution < 1.29 is 13.9 Å². The lowest BCUT2D eigenvalue weighted by atomic mass is 9.99. The first kappa shape index (κ1) is 18.2. The zero-order valence-corrected chi connectivity index (χ0v) is 16.6. The van der Waals surface area contributed by atoms with Crippen molar-refractivity contribution in [2.75, 3.05) is 32.8 Å². The quantitative estimate of drug-likeness (QED) is 0.479. The molecular weight excluding hydrogens is 364 g/mol. The van der Waals surface area contributed by atoms with Gasteiger partial charge in [-0.25, -0.2) is 0 Å². The summed E-state index contributed by atoms with van der Waals surface area (Å²) in [5.41, 5.74) is 4.43. The third-order valence-electron chi connectivity index (χ3n) is 5.92. The minimum atomic E-state index is 0.0620. The summed E-state index contributed by atoms with van der Waals surface area (Å²) in [7, 11) is 0. The molecule has 29 heavy (non-hydrogen) atoms. The third-order valence-corrected chi connectivity index (χ3v) is 5.92. The lowest BCUT2D eigenvalue weighted by molar-refractivity contribution is 0.0365. The molecule has 0 N–H and O–H groups in total. The van der Waals surface area contributed by atoms with Gasteiger partial charge in [0, 0.05) is 53.7 Å². The second-order valence-corrected chi connectivity index (χ2v) is 7.59. The second kappa shape index (κ2) is 7.50. The fourth-order valence-electron chi connectivity index (χ4n) is 4.32. The highest BCUT2D eigenvalue weighted by molar-refractivity contribution is 6.18. The molecule has 2 aromatic heterocycles. The van der Waals surface area contributed by atoms with Crippen molar-refractivity contribution in [3.63, 3.8) is 0 Å². The van der Waals surface area contributed by atoms with E-state index in [9.17, 15) is 4.79 Å². The Hall–Kier alpha value is -2.89. The second-order valence-electron chi connectivity index (χ2n) is 7.59. The summed E-state index contributed by atoms with van der Waals surface area (Å²) in [6.45, 7) is 7.40. The molecule has 3 heterocycles. The van der Waals surface area contributed by atoms with Crippen LogP contribution in [0.3, 0.4) is 0 Å². The van der Waals surface area contributed by atoms with Crippen molar-refractivity contribution in [2.24, 2.45) is 0 Å². The number of rotatable bonds is 5. The number of morpholine rings is 1. The molecular formula is C24H24N2O3. The zero-order valence-electron chi connectivity index (χ0n) is 16.6. The smallest absolute Gasteiger partial charge is 0.195 e. The van der Waals surface area contributed by atoms with Crippen molar-refractivity contribution in [1.82, 2.24) is 9.47 Å². The Kier molecular flexibility index (Phi) is 4.70. The number of carbonyl (C=O) groups excluding carboxylic acids is 1. The SMILES string of the molecule is Cc1c(C(=O)c2ccc3occc3c2)c2ccccc2n1CCN1CCOCC1. The number of nitrogens with zero attached hydrogens (tertiary/aromatic N) is 2. The fraction of sp³-hybridized carbons (Fsp3) is 0.292. The molecule has 0 saturated carbocycles. The van der Waals surface area contributed by atoms with Gasteiger partial charge in [0.2, 0.25) is 0 Å². The van der Waals surface area contributed by atoms with E-state index >= 15 is 0 Å². The number of ketones is 1. The van der Waals surface area contributed by atoms with Crippen molar-refractivity contribution >= 4 is 27.7 Å².